The Morgan fingerprint density at radius 2 is 1.84 bits per heavy atom. The highest BCUT2D eigenvalue weighted by Crippen LogP contribution is 2.49. The molecule has 0 aliphatic carbocycles. The zero-order valence-corrected chi connectivity index (χ0v) is 18.8. The lowest BCUT2D eigenvalue weighted by molar-refractivity contribution is -0.136. The van der Waals surface area contributed by atoms with Gasteiger partial charge in [0, 0.05) is 42.0 Å². The molecule has 0 aromatic heterocycles. The second-order valence-electron chi connectivity index (χ2n) is 8.66. The smallest absolute Gasteiger partial charge is 0.229 e. The van der Waals surface area contributed by atoms with Gasteiger partial charge in [-0.25, -0.2) is 4.39 Å². The second-order valence-corrected chi connectivity index (χ2v) is 9.50. The van der Waals surface area contributed by atoms with E-state index in [-0.39, 0.29) is 29.0 Å². The molecule has 7 heteroatoms. The topological polar surface area (TPSA) is 49.4 Å². The molecule has 164 valence electrons. The van der Waals surface area contributed by atoms with Crippen molar-refractivity contribution in [3.05, 3.63) is 69.5 Å². The van der Waals surface area contributed by atoms with E-state index < -0.39 is 5.92 Å². The van der Waals surface area contributed by atoms with Gasteiger partial charge in [0.2, 0.25) is 11.8 Å². The molecule has 2 aromatic rings. The molecular weight excluding hydrogens is 438 g/mol. The van der Waals surface area contributed by atoms with Gasteiger partial charge in [-0.1, -0.05) is 35.3 Å². The third kappa shape index (κ3) is 4.44. The van der Waals surface area contributed by atoms with Gasteiger partial charge < -0.3 is 10.2 Å². The Kier molecular flexibility index (Phi) is 6.27. The van der Waals surface area contributed by atoms with E-state index in [1.807, 2.05) is 11.8 Å². The maximum absolute atomic E-state index is 13.4. The average molecular weight is 463 g/mol. The molecule has 2 aliphatic rings. The summed E-state index contributed by atoms with van der Waals surface area (Å²) in [6.07, 6.45) is 1.88. The lowest BCUT2D eigenvalue weighted by atomic mass is 9.62. The van der Waals surface area contributed by atoms with E-state index in [2.05, 4.69) is 5.32 Å². The van der Waals surface area contributed by atoms with Gasteiger partial charge in [-0.05, 0) is 66.6 Å². The van der Waals surface area contributed by atoms with Crippen LogP contribution in [0, 0.1) is 11.2 Å². The number of piperidine rings is 2. The first-order valence-electron chi connectivity index (χ1n) is 10.5. The Morgan fingerprint density at radius 3 is 2.52 bits per heavy atom. The summed E-state index contributed by atoms with van der Waals surface area (Å²) in [5, 5.41) is 4.04. The molecule has 31 heavy (non-hydrogen) atoms. The second kappa shape index (κ2) is 8.79. The van der Waals surface area contributed by atoms with Crippen molar-refractivity contribution in [2.75, 3.05) is 19.6 Å². The molecule has 2 heterocycles. The lowest BCUT2D eigenvalue weighted by Gasteiger charge is -2.49. The van der Waals surface area contributed by atoms with Crippen LogP contribution in [0.15, 0.2) is 42.5 Å². The maximum atomic E-state index is 13.4. The minimum absolute atomic E-state index is 0.0117. The molecule has 0 radical (unpaired) electrons. The van der Waals surface area contributed by atoms with Gasteiger partial charge >= 0.3 is 0 Å². The number of benzene rings is 2. The van der Waals surface area contributed by atoms with Crippen molar-refractivity contribution in [1.29, 1.82) is 0 Å². The van der Waals surface area contributed by atoms with Crippen LogP contribution in [0.2, 0.25) is 10.0 Å². The fraction of sp³-hybridized carbons (Fsp3) is 0.417. The number of hydrogen-bond acceptors (Lipinski definition) is 2. The quantitative estimate of drug-likeness (QED) is 0.685. The molecule has 1 N–H and O–H groups in total. The highest BCUT2D eigenvalue weighted by atomic mass is 35.5. The van der Waals surface area contributed by atoms with Crippen molar-refractivity contribution in [3.63, 3.8) is 0 Å². The fourth-order valence-corrected chi connectivity index (χ4v) is 5.52. The number of hydrogen-bond donors (Lipinski definition) is 1. The number of halogens is 3. The minimum Gasteiger partial charge on any atom is -0.355 e. The maximum Gasteiger partial charge on any atom is 0.229 e. The standard InChI is InChI=1S/C24H25Cl2FN2O2/c1-15(19-12-17(25)4-7-21(19)26)23(31)29-10-8-24(9-11-29)13-22(30)28-14-20(24)16-2-5-18(27)6-3-16/h2-7,12,15,20H,8-11,13-14H2,1H3,(H,28,30)/t15?,20-/m0/s1. The van der Waals surface area contributed by atoms with Crippen LogP contribution in [-0.4, -0.2) is 36.3 Å². The van der Waals surface area contributed by atoms with E-state index in [0.29, 0.717) is 36.1 Å². The Labute approximate surface area is 191 Å². The molecule has 1 spiro atoms. The number of nitrogens with one attached hydrogen (secondary N) is 1. The van der Waals surface area contributed by atoms with Crippen LogP contribution in [0.3, 0.4) is 0 Å². The summed E-state index contributed by atoms with van der Waals surface area (Å²) in [6, 6.07) is 11.7. The van der Waals surface area contributed by atoms with Crippen molar-refractivity contribution in [2.24, 2.45) is 5.41 Å². The van der Waals surface area contributed by atoms with E-state index in [4.69, 9.17) is 23.2 Å². The van der Waals surface area contributed by atoms with Crippen molar-refractivity contribution in [2.45, 2.75) is 38.0 Å². The van der Waals surface area contributed by atoms with E-state index in [9.17, 15) is 14.0 Å². The summed E-state index contributed by atoms with van der Waals surface area (Å²) >= 11 is 12.4. The summed E-state index contributed by atoms with van der Waals surface area (Å²) in [4.78, 5) is 27.3. The normalized spacial score (nSPS) is 21.6. The molecule has 2 atom stereocenters. The zero-order valence-electron chi connectivity index (χ0n) is 17.3. The van der Waals surface area contributed by atoms with Gasteiger partial charge in [0.25, 0.3) is 0 Å². The predicted octanol–water partition coefficient (Wildman–Crippen LogP) is 5.15. The number of rotatable bonds is 3. The third-order valence-electron chi connectivity index (χ3n) is 6.89. The molecule has 4 rings (SSSR count). The first-order chi connectivity index (χ1) is 14.8. The van der Waals surface area contributed by atoms with Crippen LogP contribution in [0.5, 0.6) is 0 Å². The van der Waals surface area contributed by atoms with E-state index in [1.165, 1.54) is 12.1 Å². The molecule has 4 nitrogen and oxygen atoms in total. The van der Waals surface area contributed by atoms with Gasteiger partial charge in [0.15, 0.2) is 0 Å². The Hall–Kier alpha value is -2.11. The highest BCUT2D eigenvalue weighted by molar-refractivity contribution is 6.33. The van der Waals surface area contributed by atoms with Crippen LogP contribution in [0.25, 0.3) is 0 Å². The SMILES string of the molecule is CC(C(=O)N1CCC2(CC1)CC(=O)NC[C@H]2c1ccc(F)cc1)c1cc(Cl)ccc1Cl. The van der Waals surface area contributed by atoms with Crippen molar-refractivity contribution < 1.29 is 14.0 Å². The number of carbonyl (C=O) groups is 2. The van der Waals surface area contributed by atoms with Gasteiger partial charge in [0.1, 0.15) is 5.82 Å². The minimum atomic E-state index is -0.400. The van der Waals surface area contributed by atoms with Crippen LogP contribution in [0.4, 0.5) is 4.39 Å². The third-order valence-corrected chi connectivity index (χ3v) is 7.47. The fourth-order valence-electron chi connectivity index (χ4n) is 5.06. The van der Waals surface area contributed by atoms with Crippen LogP contribution in [-0.2, 0) is 9.59 Å². The Morgan fingerprint density at radius 1 is 1.16 bits per heavy atom. The molecule has 0 saturated carbocycles. The molecule has 0 bridgehead atoms. The number of likely N-dealkylation sites (tertiary alicyclic amines) is 1. The molecular formula is C24H25Cl2FN2O2. The summed E-state index contributed by atoms with van der Waals surface area (Å²) in [7, 11) is 0. The highest BCUT2D eigenvalue weighted by Gasteiger charge is 2.47. The van der Waals surface area contributed by atoms with Crippen molar-refractivity contribution >= 4 is 35.0 Å². The molecule has 2 aromatic carbocycles. The van der Waals surface area contributed by atoms with Gasteiger partial charge in [0.05, 0.1) is 5.92 Å². The van der Waals surface area contributed by atoms with E-state index >= 15 is 0 Å². The van der Waals surface area contributed by atoms with Crippen LogP contribution >= 0.6 is 23.2 Å². The summed E-state index contributed by atoms with van der Waals surface area (Å²) < 4.78 is 13.4. The van der Waals surface area contributed by atoms with Crippen LogP contribution < -0.4 is 5.32 Å². The van der Waals surface area contributed by atoms with Gasteiger partial charge in [-0.2, -0.15) is 0 Å². The summed E-state index contributed by atoms with van der Waals surface area (Å²) in [5.41, 5.74) is 1.52. The predicted molar refractivity (Wildman–Crippen MR) is 120 cm³/mol. The average Bonchev–Trinajstić information content (AvgIpc) is 2.76. The van der Waals surface area contributed by atoms with E-state index in [0.717, 1.165) is 24.0 Å². The largest absolute Gasteiger partial charge is 0.355 e. The van der Waals surface area contributed by atoms with Crippen LogP contribution in [0.1, 0.15) is 49.1 Å². The lowest BCUT2D eigenvalue weighted by Crippen LogP contribution is -2.53. The first-order valence-corrected chi connectivity index (χ1v) is 11.3. The molecule has 2 amide bonds. The number of amides is 2. The van der Waals surface area contributed by atoms with Gasteiger partial charge in [-0.3, -0.25) is 9.59 Å². The first kappa shape index (κ1) is 22.1. The van der Waals surface area contributed by atoms with Gasteiger partial charge in [-0.15, -0.1) is 0 Å². The zero-order chi connectivity index (χ0) is 22.2. The number of carbonyl (C=O) groups excluding carboxylic acids is 2. The van der Waals surface area contributed by atoms with Crippen molar-refractivity contribution in [3.8, 4) is 0 Å². The molecule has 2 saturated heterocycles. The molecule has 2 fully saturated rings. The summed E-state index contributed by atoms with van der Waals surface area (Å²) in [6.45, 7) is 3.53. The Bertz CT molecular complexity index is 988. The number of nitrogens with zero attached hydrogens (tertiary/aromatic N) is 1. The van der Waals surface area contributed by atoms with E-state index in [1.54, 1.807) is 30.3 Å². The van der Waals surface area contributed by atoms with Crippen molar-refractivity contribution in [1.82, 2.24) is 10.2 Å². The molecule has 2 aliphatic heterocycles. The molecule has 1 unspecified atom stereocenters. The summed E-state index contributed by atoms with van der Waals surface area (Å²) in [5.74, 6) is -0.521. The Balaban J connectivity index is 1.51. The monoisotopic (exact) mass is 462 g/mol.